The van der Waals surface area contributed by atoms with Gasteiger partial charge in [0.2, 0.25) is 5.89 Å². The van der Waals surface area contributed by atoms with Gasteiger partial charge in [0, 0.05) is 0 Å². The lowest BCUT2D eigenvalue weighted by molar-refractivity contribution is 0.0862. The molecule has 6 heteroatoms. The number of fused-ring (bicyclic) bond motifs is 1. The smallest absolute Gasteiger partial charge is 0.407 e. The van der Waals surface area contributed by atoms with Crippen molar-refractivity contribution in [2.24, 2.45) is 0 Å². The van der Waals surface area contributed by atoms with Gasteiger partial charge < -0.3 is 19.6 Å². The number of carbonyl (C=O) groups excluding carboxylic acids is 1. The van der Waals surface area contributed by atoms with Crippen LogP contribution in [-0.4, -0.2) is 22.2 Å². The number of nitrogens with zero attached hydrogens (tertiary/aromatic N) is 1. The number of carbonyl (C=O) groups is 1. The fraction of sp³-hybridized carbons (Fsp3) is 0.167. The predicted molar refractivity (Wildman–Crippen MR) is 113 cm³/mol. The third-order valence-electron chi connectivity index (χ3n) is 4.76. The number of oxazole rings is 1. The minimum Gasteiger partial charge on any atom is -0.445 e. The number of nitrogens with one attached hydrogen (secondary N) is 1. The van der Waals surface area contributed by atoms with Crippen LogP contribution in [-0.2, 0) is 17.8 Å². The van der Waals surface area contributed by atoms with Crippen molar-refractivity contribution in [3.8, 4) is 0 Å². The number of para-hydroxylation sites is 2. The normalized spacial score (nSPS) is 13.0. The number of alkyl carbamates (subject to hydrolysis) is 1. The number of ether oxygens (including phenoxy) is 1. The molecule has 0 saturated heterocycles. The van der Waals surface area contributed by atoms with Crippen molar-refractivity contribution < 1.29 is 19.1 Å². The van der Waals surface area contributed by atoms with Gasteiger partial charge in [-0.15, -0.1) is 0 Å². The molecule has 0 bridgehead atoms. The quantitative estimate of drug-likeness (QED) is 0.479. The Hall–Kier alpha value is -3.64. The molecule has 0 aliphatic carbocycles. The van der Waals surface area contributed by atoms with E-state index in [-0.39, 0.29) is 12.5 Å². The number of aromatic nitrogens is 1. The molecule has 6 nitrogen and oxygen atoms in total. The standard InChI is InChI=1S/C24H22N2O4/c27-22(23-25-19-13-7-8-14-21(19)30-23)20(15-17-9-3-1-4-10-17)26-24(28)29-16-18-11-5-2-6-12-18/h1-14,20,22,27H,15-16H2,(H,26,28)/t20-,22?/m0/s1. The number of hydrogen-bond acceptors (Lipinski definition) is 5. The molecule has 0 aliphatic heterocycles. The van der Waals surface area contributed by atoms with Crippen molar-refractivity contribution >= 4 is 17.2 Å². The van der Waals surface area contributed by atoms with Crippen LogP contribution in [0.2, 0.25) is 0 Å². The second-order valence-electron chi connectivity index (χ2n) is 6.97. The summed E-state index contributed by atoms with van der Waals surface area (Å²) in [6, 6.07) is 25.6. The van der Waals surface area contributed by atoms with Crippen LogP contribution in [0.5, 0.6) is 0 Å². The van der Waals surface area contributed by atoms with Crippen molar-refractivity contribution in [1.82, 2.24) is 10.3 Å². The van der Waals surface area contributed by atoms with E-state index in [9.17, 15) is 9.90 Å². The zero-order valence-electron chi connectivity index (χ0n) is 16.3. The lowest BCUT2D eigenvalue weighted by Crippen LogP contribution is -2.41. The molecule has 2 atom stereocenters. The van der Waals surface area contributed by atoms with Gasteiger partial charge in [0.15, 0.2) is 11.7 Å². The number of hydrogen-bond donors (Lipinski definition) is 2. The second kappa shape index (κ2) is 9.24. The van der Waals surface area contributed by atoms with Crippen molar-refractivity contribution in [3.63, 3.8) is 0 Å². The molecular weight excluding hydrogens is 380 g/mol. The molecule has 1 unspecified atom stereocenters. The average Bonchev–Trinajstić information content (AvgIpc) is 3.22. The Morgan fingerprint density at radius 1 is 0.933 bits per heavy atom. The first-order valence-corrected chi connectivity index (χ1v) is 9.74. The summed E-state index contributed by atoms with van der Waals surface area (Å²) in [5, 5.41) is 13.7. The number of rotatable bonds is 7. The molecule has 0 spiro atoms. The first-order valence-electron chi connectivity index (χ1n) is 9.74. The maximum Gasteiger partial charge on any atom is 0.407 e. The molecule has 0 fully saturated rings. The van der Waals surface area contributed by atoms with Crippen LogP contribution in [0.4, 0.5) is 4.79 Å². The number of benzene rings is 3. The predicted octanol–water partition coefficient (Wildman–Crippen LogP) is 4.40. The van der Waals surface area contributed by atoms with Gasteiger partial charge in [0.1, 0.15) is 12.1 Å². The van der Waals surface area contributed by atoms with Crippen LogP contribution in [0.15, 0.2) is 89.3 Å². The van der Waals surface area contributed by atoms with Gasteiger partial charge in [-0.1, -0.05) is 72.8 Å². The second-order valence-corrected chi connectivity index (χ2v) is 6.97. The highest BCUT2D eigenvalue weighted by Crippen LogP contribution is 2.24. The highest BCUT2D eigenvalue weighted by molar-refractivity contribution is 5.72. The maximum absolute atomic E-state index is 12.4. The Kier molecular flexibility index (Phi) is 6.06. The summed E-state index contributed by atoms with van der Waals surface area (Å²) in [6.45, 7) is 0.143. The van der Waals surface area contributed by atoms with Crippen LogP contribution in [0.3, 0.4) is 0 Å². The number of aliphatic hydroxyl groups is 1. The molecule has 4 rings (SSSR count). The molecular formula is C24H22N2O4. The van der Waals surface area contributed by atoms with Crippen molar-refractivity contribution in [3.05, 3.63) is 102 Å². The summed E-state index contributed by atoms with van der Waals surface area (Å²) in [7, 11) is 0. The highest BCUT2D eigenvalue weighted by atomic mass is 16.5. The molecule has 0 saturated carbocycles. The van der Waals surface area contributed by atoms with Gasteiger partial charge in [-0.25, -0.2) is 9.78 Å². The van der Waals surface area contributed by atoms with E-state index >= 15 is 0 Å². The molecule has 1 aromatic heterocycles. The van der Waals surface area contributed by atoms with Crippen LogP contribution < -0.4 is 5.32 Å². The van der Waals surface area contributed by atoms with Gasteiger partial charge in [0.25, 0.3) is 0 Å². The zero-order valence-corrected chi connectivity index (χ0v) is 16.3. The summed E-state index contributed by atoms with van der Waals surface area (Å²) in [6.07, 6.45) is -1.36. The SMILES string of the molecule is O=C(N[C@@H](Cc1ccccc1)C(O)c1nc2ccccc2o1)OCc1ccccc1. The third-order valence-corrected chi connectivity index (χ3v) is 4.76. The third kappa shape index (κ3) is 4.85. The largest absolute Gasteiger partial charge is 0.445 e. The minimum absolute atomic E-state index is 0.143. The Morgan fingerprint density at radius 2 is 1.57 bits per heavy atom. The average molecular weight is 402 g/mol. The Morgan fingerprint density at radius 3 is 2.27 bits per heavy atom. The molecule has 1 amide bonds. The van der Waals surface area contributed by atoms with E-state index in [0.717, 1.165) is 11.1 Å². The van der Waals surface area contributed by atoms with Crippen LogP contribution in [0.25, 0.3) is 11.1 Å². The first-order chi connectivity index (χ1) is 14.7. The lowest BCUT2D eigenvalue weighted by Gasteiger charge is -2.22. The van der Waals surface area contributed by atoms with E-state index in [1.807, 2.05) is 78.9 Å². The monoisotopic (exact) mass is 402 g/mol. The summed E-state index contributed by atoms with van der Waals surface area (Å²) in [4.78, 5) is 16.8. The Labute approximate surface area is 174 Å². The lowest BCUT2D eigenvalue weighted by atomic mass is 10.0. The van der Waals surface area contributed by atoms with Crippen molar-refractivity contribution in [2.75, 3.05) is 0 Å². The minimum atomic E-state index is -1.14. The fourth-order valence-electron chi connectivity index (χ4n) is 3.21. The van der Waals surface area contributed by atoms with Gasteiger partial charge in [-0.05, 0) is 29.7 Å². The van der Waals surface area contributed by atoms with Crippen molar-refractivity contribution in [1.29, 1.82) is 0 Å². The summed E-state index contributed by atoms with van der Waals surface area (Å²) in [5.41, 5.74) is 3.07. The Balaban J connectivity index is 1.50. The molecule has 3 aromatic carbocycles. The zero-order chi connectivity index (χ0) is 20.8. The topological polar surface area (TPSA) is 84.6 Å². The maximum atomic E-state index is 12.4. The van der Waals surface area contributed by atoms with E-state index in [1.54, 1.807) is 6.07 Å². The summed E-state index contributed by atoms with van der Waals surface area (Å²) >= 11 is 0. The molecule has 2 N–H and O–H groups in total. The number of aliphatic hydroxyl groups excluding tert-OH is 1. The van der Waals surface area contributed by atoms with E-state index < -0.39 is 18.2 Å². The van der Waals surface area contributed by atoms with E-state index in [0.29, 0.717) is 17.5 Å². The molecule has 0 radical (unpaired) electrons. The molecule has 30 heavy (non-hydrogen) atoms. The van der Waals surface area contributed by atoms with Gasteiger partial charge in [-0.3, -0.25) is 0 Å². The molecule has 1 heterocycles. The van der Waals surface area contributed by atoms with Crippen LogP contribution >= 0.6 is 0 Å². The van der Waals surface area contributed by atoms with Gasteiger partial charge in [0.05, 0.1) is 6.04 Å². The van der Waals surface area contributed by atoms with Crippen LogP contribution in [0, 0.1) is 0 Å². The summed E-state index contributed by atoms with van der Waals surface area (Å²) < 4.78 is 11.0. The summed E-state index contributed by atoms with van der Waals surface area (Å²) in [5.74, 6) is 0.153. The van der Waals surface area contributed by atoms with E-state index in [1.165, 1.54) is 0 Å². The van der Waals surface area contributed by atoms with Gasteiger partial charge >= 0.3 is 6.09 Å². The van der Waals surface area contributed by atoms with E-state index in [2.05, 4.69) is 10.3 Å². The molecule has 4 aromatic rings. The first kappa shape index (κ1) is 19.7. The number of amides is 1. The van der Waals surface area contributed by atoms with E-state index in [4.69, 9.17) is 9.15 Å². The Bertz CT molecular complexity index is 1060. The fourth-order valence-corrected chi connectivity index (χ4v) is 3.21. The highest BCUT2D eigenvalue weighted by Gasteiger charge is 2.28. The van der Waals surface area contributed by atoms with Gasteiger partial charge in [-0.2, -0.15) is 0 Å². The molecule has 0 aliphatic rings. The van der Waals surface area contributed by atoms with Crippen LogP contribution in [0.1, 0.15) is 23.1 Å². The van der Waals surface area contributed by atoms with Crippen molar-refractivity contribution in [2.45, 2.75) is 25.2 Å². The molecule has 152 valence electrons.